The highest BCUT2D eigenvalue weighted by atomic mass is 35.5. The summed E-state index contributed by atoms with van der Waals surface area (Å²) < 4.78 is 34.6. The van der Waals surface area contributed by atoms with Gasteiger partial charge in [0.2, 0.25) is 0 Å². The van der Waals surface area contributed by atoms with Gasteiger partial charge in [0.1, 0.15) is 16.3 Å². The molecule has 9 heteroatoms. The number of hydrogen-bond acceptors (Lipinski definition) is 4. The Morgan fingerprint density at radius 2 is 1.93 bits per heavy atom. The lowest BCUT2D eigenvalue weighted by atomic mass is 10.2. The molecule has 0 unspecified atom stereocenters. The van der Waals surface area contributed by atoms with E-state index in [4.69, 9.17) is 16.3 Å². The molecule has 0 fully saturated rings. The summed E-state index contributed by atoms with van der Waals surface area (Å²) >= 11 is 6.02. The molecule has 0 atom stereocenters. The number of halogens is 1. The van der Waals surface area contributed by atoms with Gasteiger partial charge in [-0.25, -0.2) is 8.42 Å². The summed E-state index contributed by atoms with van der Waals surface area (Å²) in [5.74, 6) is -0.0233. The number of nitrogens with one attached hydrogen (secondary N) is 1. The second-order valence-corrected chi connectivity index (χ2v) is 9.23. The summed E-state index contributed by atoms with van der Waals surface area (Å²) in [4.78, 5) is 12.9. The van der Waals surface area contributed by atoms with Gasteiger partial charge in [-0.1, -0.05) is 29.8 Å². The number of carbonyl (C=O) groups is 1. The molecule has 1 aromatic heterocycles. The quantitative estimate of drug-likeness (QED) is 0.649. The third-order valence-corrected chi connectivity index (χ3v) is 7.07. The Morgan fingerprint density at radius 1 is 1.17 bits per heavy atom. The van der Waals surface area contributed by atoms with Crippen LogP contribution in [0.5, 0.6) is 5.75 Å². The molecule has 0 aliphatic carbocycles. The van der Waals surface area contributed by atoms with Crippen LogP contribution in [0.25, 0.3) is 0 Å². The van der Waals surface area contributed by atoms with Crippen LogP contribution in [0.2, 0.25) is 5.02 Å². The Morgan fingerprint density at radius 3 is 2.70 bits per heavy atom. The summed E-state index contributed by atoms with van der Waals surface area (Å²) in [6.45, 7) is 0.373. The molecule has 3 aromatic rings. The Bertz CT molecular complexity index is 1240. The van der Waals surface area contributed by atoms with Gasteiger partial charge in [0.15, 0.2) is 0 Å². The number of nitrogens with zero attached hydrogens (tertiary/aromatic N) is 2. The molecule has 0 saturated carbocycles. The number of methoxy groups -OCH3 is 1. The van der Waals surface area contributed by atoms with Crippen LogP contribution in [0.1, 0.15) is 16.1 Å². The maximum atomic E-state index is 13.2. The monoisotopic (exact) mass is 445 g/mol. The van der Waals surface area contributed by atoms with Crippen molar-refractivity contribution in [2.75, 3.05) is 23.3 Å². The zero-order valence-electron chi connectivity index (χ0n) is 16.4. The van der Waals surface area contributed by atoms with Crippen LogP contribution >= 0.6 is 11.6 Å². The highest BCUT2D eigenvalue weighted by molar-refractivity contribution is 7.92. The van der Waals surface area contributed by atoms with Crippen molar-refractivity contribution in [1.29, 1.82) is 0 Å². The fraction of sp³-hybridized carbons (Fsp3) is 0.190. The van der Waals surface area contributed by atoms with E-state index in [1.165, 1.54) is 28.2 Å². The lowest BCUT2D eigenvalue weighted by Gasteiger charge is -2.18. The summed E-state index contributed by atoms with van der Waals surface area (Å²) in [5.41, 5.74) is 2.26. The highest BCUT2D eigenvalue weighted by Crippen LogP contribution is 2.33. The van der Waals surface area contributed by atoms with Crippen LogP contribution in [0, 0.1) is 0 Å². The summed E-state index contributed by atoms with van der Waals surface area (Å²) in [6, 6.07) is 13.7. The molecular weight excluding hydrogens is 426 g/mol. The molecule has 0 spiro atoms. The Hall–Kier alpha value is -2.97. The van der Waals surface area contributed by atoms with Crippen molar-refractivity contribution in [1.82, 2.24) is 4.57 Å². The number of rotatable bonds is 5. The molecule has 30 heavy (non-hydrogen) atoms. The predicted molar refractivity (Wildman–Crippen MR) is 116 cm³/mol. The molecule has 4 rings (SSSR count). The van der Waals surface area contributed by atoms with Gasteiger partial charge in [-0.3, -0.25) is 9.10 Å². The van der Waals surface area contributed by atoms with Crippen molar-refractivity contribution in [3.63, 3.8) is 0 Å². The van der Waals surface area contributed by atoms with Crippen LogP contribution < -0.4 is 14.4 Å². The van der Waals surface area contributed by atoms with Crippen LogP contribution in [-0.2, 0) is 23.5 Å². The van der Waals surface area contributed by atoms with Crippen LogP contribution in [0.15, 0.2) is 59.6 Å². The smallest absolute Gasteiger partial charge is 0.272 e. The number of hydrogen-bond donors (Lipinski definition) is 1. The van der Waals surface area contributed by atoms with E-state index in [1.54, 1.807) is 31.3 Å². The molecule has 1 N–H and O–H groups in total. The molecule has 2 heterocycles. The molecular formula is C21H20ClN3O4S. The summed E-state index contributed by atoms with van der Waals surface area (Å²) in [5, 5.41) is 3.17. The number of fused-ring (bicyclic) bond motifs is 1. The fourth-order valence-electron chi connectivity index (χ4n) is 3.55. The van der Waals surface area contributed by atoms with E-state index in [0.717, 1.165) is 5.56 Å². The SMILES string of the molecule is COc1ccc(Cl)cc1NC(=O)c1cc(S(=O)(=O)N2CCc3ccccc32)cn1C. The number of anilines is 2. The first-order valence-electron chi connectivity index (χ1n) is 9.23. The lowest BCUT2D eigenvalue weighted by Crippen LogP contribution is -2.28. The van der Waals surface area contributed by atoms with Gasteiger partial charge in [0.25, 0.3) is 15.9 Å². The van der Waals surface area contributed by atoms with E-state index in [2.05, 4.69) is 5.32 Å². The van der Waals surface area contributed by atoms with E-state index in [-0.39, 0.29) is 10.6 Å². The first kappa shape index (κ1) is 20.3. The van der Waals surface area contributed by atoms with Crippen LogP contribution in [0.3, 0.4) is 0 Å². The van der Waals surface area contributed by atoms with Gasteiger partial charge in [0.05, 0.1) is 18.5 Å². The topological polar surface area (TPSA) is 80.6 Å². The minimum atomic E-state index is -3.79. The van der Waals surface area contributed by atoms with Crippen molar-refractivity contribution >= 4 is 38.9 Å². The zero-order chi connectivity index (χ0) is 21.5. The Labute approximate surface area is 179 Å². The molecule has 0 saturated heterocycles. The first-order valence-corrected chi connectivity index (χ1v) is 11.0. The Kier molecular flexibility index (Phi) is 5.21. The number of para-hydroxylation sites is 1. The van der Waals surface area contributed by atoms with Gasteiger partial charge in [-0.2, -0.15) is 0 Å². The number of aryl methyl sites for hydroxylation is 1. The van der Waals surface area contributed by atoms with Gasteiger partial charge < -0.3 is 14.6 Å². The molecule has 2 aromatic carbocycles. The maximum Gasteiger partial charge on any atom is 0.272 e. The lowest BCUT2D eigenvalue weighted by molar-refractivity contribution is 0.101. The molecule has 1 amide bonds. The second-order valence-electron chi connectivity index (χ2n) is 6.93. The highest BCUT2D eigenvalue weighted by Gasteiger charge is 2.32. The first-order chi connectivity index (χ1) is 14.3. The van der Waals surface area contributed by atoms with Gasteiger partial charge >= 0.3 is 0 Å². The number of carbonyl (C=O) groups excluding carboxylic acids is 1. The van der Waals surface area contributed by atoms with E-state index in [1.807, 2.05) is 18.2 Å². The van der Waals surface area contributed by atoms with Crippen LogP contribution in [-0.4, -0.2) is 32.5 Å². The molecule has 7 nitrogen and oxygen atoms in total. The van der Waals surface area contributed by atoms with Crippen molar-refractivity contribution < 1.29 is 17.9 Å². The number of amides is 1. The third kappa shape index (κ3) is 3.53. The van der Waals surface area contributed by atoms with Crippen LogP contribution in [0.4, 0.5) is 11.4 Å². The number of sulfonamides is 1. The summed E-state index contributed by atoms with van der Waals surface area (Å²) in [6.07, 6.45) is 2.10. The molecule has 1 aliphatic rings. The minimum absolute atomic E-state index is 0.0601. The average Bonchev–Trinajstić information content (AvgIpc) is 3.32. The second kappa shape index (κ2) is 7.70. The third-order valence-electron chi connectivity index (χ3n) is 5.05. The zero-order valence-corrected chi connectivity index (χ0v) is 18.0. The molecule has 156 valence electrons. The van der Waals surface area contributed by atoms with Gasteiger partial charge in [0, 0.05) is 24.8 Å². The van der Waals surface area contributed by atoms with E-state index in [0.29, 0.717) is 35.1 Å². The van der Waals surface area contributed by atoms with Crippen molar-refractivity contribution in [3.05, 3.63) is 71.0 Å². The van der Waals surface area contributed by atoms with E-state index < -0.39 is 15.9 Å². The fourth-order valence-corrected chi connectivity index (χ4v) is 5.30. The number of ether oxygens (including phenoxy) is 1. The molecule has 0 radical (unpaired) electrons. The number of benzene rings is 2. The molecule has 1 aliphatic heterocycles. The van der Waals surface area contributed by atoms with Gasteiger partial charge in [-0.15, -0.1) is 0 Å². The predicted octanol–water partition coefficient (Wildman–Crippen LogP) is 3.69. The van der Waals surface area contributed by atoms with E-state index in [9.17, 15) is 13.2 Å². The van der Waals surface area contributed by atoms with Gasteiger partial charge in [-0.05, 0) is 42.3 Å². The van der Waals surface area contributed by atoms with Crippen molar-refractivity contribution in [2.24, 2.45) is 7.05 Å². The molecule has 0 bridgehead atoms. The minimum Gasteiger partial charge on any atom is -0.495 e. The normalized spacial score (nSPS) is 13.2. The maximum absolute atomic E-state index is 13.2. The van der Waals surface area contributed by atoms with Crippen molar-refractivity contribution in [2.45, 2.75) is 11.3 Å². The summed E-state index contributed by atoms with van der Waals surface area (Å²) in [7, 11) is -0.681. The largest absolute Gasteiger partial charge is 0.495 e. The standard InChI is InChI=1S/C21H20ClN3O4S/c1-24-13-16(30(27,28)25-10-9-14-5-3-4-6-18(14)25)12-19(24)21(26)23-17-11-15(22)7-8-20(17)29-2/h3-8,11-13H,9-10H2,1-2H3,(H,23,26). The average molecular weight is 446 g/mol. The Balaban J connectivity index is 1.64. The van der Waals surface area contributed by atoms with Crippen molar-refractivity contribution in [3.8, 4) is 5.75 Å². The number of aromatic nitrogens is 1. The van der Waals surface area contributed by atoms with E-state index >= 15 is 0 Å².